The summed E-state index contributed by atoms with van der Waals surface area (Å²) in [7, 11) is 0. The predicted molar refractivity (Wildman–Crippen MR) is 110 cm³/mol. The summed E-state index contributed by atoms with van der Waals surface area (Å²) in [6, 6.07) is 29.6. The summed E-state index contributed by atoms with van der Waals surface area (Å²) in [5.74, 6) is 0. The first-order chi connectivity index (χ1) is 12.7. The maximum atomic E-state index is 3.58. The molecule has 26 heavy (non-hydrogen) atoms. The molecule has 0 aliphatic heterocycles. The van der Waals surface area contributed by atoms with Gasteiger partial charge in [-0.1, -0.05) is 53.6 Å². The van der Waals surface area contributed by atoms with E-state index in [4.69, 9.17) is 0 Å². The minimum atomic E-state index is 1.09. The molecule has 0 atom stereocenters. The van der Waals surface area contributed by atoms with E-state index in [-0.39, 0.29) is 0 Å². The number of hydrogen-bond donors (Lipinski definition) is 1. The lowest BCUT2D eigenvalue weighted by molar-refractivity contribution is 1.09. The second-order valence-corrected chi connectivity index (χ2v) is 6.65. The molecule has 0 spiro atoms. The van der Waals surface area contributed by atoms with Crippen LogP contribution in [0.1, 0.15) is 11.1 Å². The van der Waals surface area contributed by atoms with E-state index in [2.05, 4.69) is 90.6 Å². The fraction of sp³-hybridized carbons (Fsp3) is 0.0833. The lowest BCUT2D eigenvalue weighted by Crippen LogP contribution is -1.98. The van der Waals surface area contributed by atoms with Crippen LogP contribution in [-0.4, -0.2) is 4.57 Å². The van der Waals surface area contributed by atoms with Gasteiger partial charge in [0, 0.05) is 23.1 Å². The molecular weight excluding hydrogens is 316 g/mol. The molecule has 128 valence electrons. The first-order valence-electron chi connectivity index (χ1n) is 8.88. The zero-order valence-corrected chi connectivity index (χ0v) is 15.1. The zero-order chi connectivity index (χ0) is 17.9. The van der Waals surface area contributed by atoms with Gasteiger partial charge in [-0.05, 0) is 56.3 Å². The van der Waals surface area contributed by atoms with Gasteiger partial charge >= 0.3 is 0 Å². The van der Waals surface area contributed by atoms with Gasteiger partial charge in [0.25, 0.3) is 0 Å². The number of nitrogens with zero attached hydrogens (tertiary/aromatic N) is 1. The molecule has 2 nitrogen and oxygen atoms in total. The molecule has 4 aromatic rings. The standard InChI is InChI=1S/C24H22N2/c1-18-15-19(2)17-20(16-18)24-23(25-21-9-5-3-6-10-21)13-14-26(24)22-11-7-4-8-12-22/h3-17,25H,1-2H3. The van der Waals surface area contributed by atoms with E-state index in [0.717, 1.165) is 17.1 Å². The van der Waals surface area contributed by atoms with Gasteiger partial charge in [0.15, 0.2) is 0 Å². The summed E-state index contributed by atoms with van der Waals surface area (Å²) in [5, 5.41) is 3.58. The van der Waals surface area contributed by atoms with Gasteiger partial charge in [-0.15, -0.1) is 0 Å². The van der Waals surface area contributed by atoms with Crippen LogP contribution in [0, 0.1) is 13.8 Å². The largest absolute Gasteiger partial charge is 0.354 e. The molecule has 1 N–H and O–H groups in total. The molecule has 3 aromatic carbocycles. The van der Waals surface area contributed by atoms with Gasteiger partial charge in [-0.2, -0.15) is 0 Å². The molecule has 0 aliphatic rings. The first-order valence-corrected chi connectivity index (χ1v) is 8.88. The van der Waals surface area contributed by atoms with Crippen molar-refractivity contribution < 1.29 is 0 Å². The van der Waals surface area contributed by atoms with Crippen LogP contribution in [0.25, 0.3) is 16.9 Å². The van der Waals surface area contributed by atoms with Crippen LogP contribution in [0.15, 0.2) is 91.1 Å². The molecular formula is C24H22N2. The number of aryl methyl sites for hydroxylation is 2. The molecule has 0 saturated carbocycles. The van der Waals surface area contributed by atoms with Crippen molar-refractivity contribution in [3.8, 4) is 16.9 Å². The zero-order valence-electron chi connectivity index (χ0n) is 15.1. The highest BCUT2D eigenvalue weighted by Crippen LogP contribution is 2.34. The molecule has 1 aromatic heterocycles. The molecule has 0 amide bonds. The van der Waals surface area contributed by atoms with Crippen LogP contribution in [0.5, 0.6) is 0 Å². The van der Waals surface area contributed by atoms with Crippen molar-refractivity contribution in [2.75, 3.05) is 5.32 Å². The Balaban J connectivity index is 1.88. The second-order valence-electron chi connectivity index (χ2n) is 6.65. The van der Waals surface area contributed by atoms with Gasteiger partial charge in [0.05, 0.1) is 11.4 Å². The van der Waals surface area contributed by atoms with Gasteiger partial charge in [-0.25, -0.2) is 0 Å². The average molecular weight is 338 g/mol. The molecule has 0 aliphatic carbocycles. The Morgan fingerprint density at radius 1 is 0.692 bits per heavy atom. The lowest BCUT2D eigenvalue weighted by Gasteiger charge is -2.14. The summed E-state index contributed by atoms with van der Waals surface area (Å²) >= 11 is 0. The summed E-state index contributed by atoms with van der Waals surface area (Å²) < 4.78 is 2.25. The van der Waals surface area contributed by atoms with Crippen molar-refractivity contribution in [1.82, 2.24) is 4.57 Å². The maximum Gasteiger partial charge on any atom is 0.0765 e. The summed E-state index contributed by atoms with van der Waals surface area (Å²) in [6.45, 7) is 4.30. The third-order valence-corrected chi connectivity index (χ3v) is 4.47. The van der Waals surface area contributed by atoms with E-state index in [9.17, 15) is 0 Å². The Bertz CT molecular complexity index is 995. The minimum absolute atomic E-state index is 1.09. The molecule has 2 heteroatoms. The Morgan fingerprint density at radius 3 is 1.96 bits per heavy atom. The van der Waals surface area contributed by atoms with Gasteiger partial charge in [0.2, 0.25) is 0 Å². The third kappa shape index (κ3) is 3.27. The molecule has 0 unspecified atom stereocenters. The molecule has 1 heterocycles. The van der Waals surface area contributed by atoms with Crippen molar-refractivity contribution in [2.24, 2.45) is 0 Å². The molecule has 0 radical (unpaired) electrons. The third-order valence-electron chi connectivity index (χ3n) is 4.47. The maximum absolute atomic E-state index is 3.58. The topological polar surface area (TPSA) is 17.0 Å². The van der Waals surface area contributed by atoms with Crippen LogP contribution < -0.4 is 5.32 Å². The minimum Gasteiger partial charge on any atom is -0.354 e. The Kier molecular flexibility index (Phi) is 4.32. The SMILES string of the molecule is Cc1cc(C)cc(-c2c(Nc3ccccc3)ccn2-c2ccccc2)c1. The summed E-state index contributed by atoms with van der Waals surface area (Å²) in [6.07, 6.45) is 2.13. The van der Waals surface area contributed by atoms with Crippen molar-refractivity contribution in [2.45, 2.75) is 13.8 Å². The number of para-hydroxylation sites is 2. The number of anilines is 2. The van der Waals surface area contributed by atoms with Gasteiger partial charge in [0.1, 0.15) is 0 Å². The fourth-order valence-electron chi connectivity index (χ4n) is 3.42. The van der Waals surface area contributed by atoms with E-state index in [1.807, 2.05) is 24.3 Å². The van der Waals surface area contributed by atoms with Crippen LogP contribution >= 0.6 is 0 Å². The van der Waals surface area contributed by atoms with Crippen LogP contribution in [-0.2, 0) is 0 Å². The van der Waals surface area contributed by atoms with Crippen molar-refractivity contribution in [1.29, 1.82) is 0 Å². The summed E-state index contributed by atoms with van der Waals surface area (Å²) in [4.78, 5) is 0. The number of hydrogen-bond acceptors (Lipinski definition) is 1. The Morgan fingerprint density at radius 2 is 1.31 bits per heavy atom. The van der Waals surface area contributed by atoms with Crippen LogP contribution in [0.4, 0.5) is 11.4 Å². The van der Waals surface area contributed by atoms with E-state index >= 15 is 0 Å². The van der Waals surface area contributed by atoms with Crippen LogP contribution in [0.3, 0.4) is 0 Å². The number of benzene rings is 3. The molecule has 0 bridgehead atoms. The Hall–Kier alpha value is -3.26. The van der Waals surface area contributed by atoms with E-state index in [1.54, 1.807) is 0 Å². The highest BCUT2D eigenvalue weighted by atomic mass is 15.0. The molecule has 0 fully saturated rings. The van der Waals surface area contributed by atoms with Gasteiger partial charge < -0.3 is 9.88 Å². The van der Waals surface area contributed by atoms with E-state index < -0.39 is 0 Å². The number of nitrogens with one attached hydrogen (secondary N) is 1. The quantitative estimate of drug-likeness (QED) is 0.449. The monoisotopic (exact) mass is 338 g/mol. The van der Waals surface area contributed by atoms with E-state index in [1.165, 1.54) is 22.4 Å². The van der Waals surface area contributed by atoms with Crippen LogP contribution in [0.2, 0.25) is 0 Å². The van der Waals surface area contributed by atoms with E-state index in [0.29, 0.717) is 0 Å². The van der Waals surface area contributed by atoms with Crippen molar-refractivity contribution >= 4 is 11.4 Å². The lowest BCUT2D eigenvalue weighted by atomic mass is 10.0. The molecule has 0 saturated heterocycles. The van der Waals surface area contributed by atoms with Gasteiger partial charge in [-0.3, -0.25) is 0 Å². The number of aromatic nitrogens is 1. The van der Waals surface area contributed by atoms with Crippen molar-refractivity contribution in [3.05, 3.63) is 102 Å². The highest BCUT2D eigenvalue weighted by molar-refractivity contribution is 5.81. The molecule has 4 rings (SSSR count). The summed E-state index contributed by atoms with van der Waals surface area (Å²) in [5.41, 5.74) is 8.27. The predicted octanol–water partition coefficient (Wildman–Crippen LogP) is 6.50. The average Bonchev–Trinajstić information content (AvgIpc) is 3.06. The highest BCUT2D eigenvalue weighted by Gasteiger charge is 2.14. The second kappa shape index (κ2) is 6.93. The smallest absolute Gasteiger partial charge is 0.0765 e. The fourth-order valence-corrected chi connectivity index (χ4v) is 3.42. The Labute approximate surface area is 154 Å². The normalized spacial score (nSPS) is 10.7. The van der Waals surface area contributed by atoms with Crippen molar-refractivity contribution in [3.63, 3.8) is 0 Å². The first kappa shape index (κ1) is 16.2. The number of rotatable bonds is 4.